The van der Waals surface area contributed by atoms with Crippen LogP contribution in [0.15, 0.2) is 18.2 Å². The second-order valence-corrected chi connectivity index (χ2v) is 5.86. The largest absolute Gasteiger partial charge is 0.377 e. The van der Waals surface area contributed by atoms with Crippen molar-refractivity contribution in [1.29, 1.82) is 0 Å². The van der Waals surface area contributed by atoms with E-state index in [0.717, 1.165) is 36.9 Å². The number of aryl methyl sites for hydroxylation is 1. The molecule has 112 valence electrons. The van der Waals surface area contributed by atoms with Gasteiger partial charge in [-0.25, -0.2) is 4.39 Å². The maximum absolute atomic E-state index is 13.5. The zero-order valence-electron chi connectivity index (χ0n) is 12.8. The van der Waals surface area contributed by atoms with E-state index >= 15 is 0 Å². The van der Waals surface area contributed by atoms with Gasteiger partial charge in [-0.05, 0) is 56.0 Å². The Morgan fingerprint density at radius 2 is 2.05 bits per heavy atom. The van der Waals surface area contributed by atoms with E-state index in [1.807, 2.05) is 20.1 Å². The predicted octanol–water partition coefficient (Wildman–Crippen LogP) is 3.61. The minimum atomic E-state index is -0.154. The average Bonchev–Trinajstić information content (AvgIpc) is 2.92. The first-order chi connectivity index (χ1) is 9.61. The van der Waals surface area contributed by atoms with E-state index in [1.54, 1.807) is 6.07 Å². The van der Waals surface area contributed by atoms with E-state index in [2.05, 4.69) is 12.2 Å². The Balaban J connectivity index is 2.22. The number of halogens is 1. The van der Waals surface area contributed by atoms with Crippen molar-refractivity contribution in [2.75, 3.05) is 13.7 Å². The van der Waals surface area contributed by atoms with Gasteiger partial charge in [-0.1, -0.05) is 25.8 Å². The summed E-state index contributed by atoms with van der Waals surface area (Å²) in [7, 11) is 1.81. The van der Waals surface area contributed by atoms with Gasteiger partial charge in [0.05, 0.1) is 5.60 Å². The van der Waals surface area contributed by atoms with Crippen molar-refractivity contribution in [2.24, 2.45) is 0 Å². The highest BCUT2D eigenvalue weighted by Gasteiger charge is 2.41. The predicted molar refractivity (Wildman–Crippen MR) is 80.5 cm³/mol. The zero-order valence-corrected chi connectivity index (χ0v) is 12.8. The van der Waals surface area contributed by atoms with Crippen LogP contribution in [0, 0.1) is 12.7 Å². The lowest BCUT2D eigenvalue weighted by molar-refractivity contribution is -0.0351. The van der Waals surface area contributed by atoms with Gasteiger partial charge >= 0.3 is 0 Å². The fourth-order valence-electron chi connectivity index (χ4n) is 3.44. The minimum Gasteiger partial charge on any atom is -0.377 e. The van der Waals surface area contributed by atoms with Gasteiger partial charge in [0, 0.05) is 13.2 Å². The van der Waals surface area contributed by atoms with Crippen LogP contribution in [0.5, 0.6) is 0 Å². The molecule has 1 saturated carbocycles. The summed E-state index contributed by atoms with van der Waals surface area (Å²) in [5.74, 6) is -0.154. The van der Waals surface area contributed by atoms with Gasteiger partial charge in [-0.2, -0.15) is 0 Å². The number of likely N-dealkylation sites (N-methyl/N-ethyl adjacent to an activating group) is 1. The third kappa shape index (κ3) is 3.21. The van der Waals surface area contributed by atoms with Crippen molar-refractivity contribution < 1.29 is 9.13 Å². The van der Waals surface area contributed by atoms with Crippen molar-refractivity contribution in [3.8, 4) is 0 Å². The zero-order chi connectivity index (χ0) is 14.6. The molecule has 1 N–H and O–H groups in total. The first-order valence-electron chi connectivity index (χ1n) is 7.65. The molecule has 1 atom stereocenters. The van der Waals surface area contributed by atoms with Crippen molar-refractivity contribution in [2.45, 2.75) is 57.6 Å². The van der Waals surface area contributed by atoms with E-state index in [-0.39, 0.29) is 17.5 Å². The average molecular weight is 279 g/mol. The van der Waals surface area contributed by atoms with Gasteiger partial charge in [0.1, 0.15) is 5.82 Å². The smallest absolute Gasteiger partial charge is 0.123 e. The molecule has 0 amide bonds. The molecule has 3 heteroatoms. The van der Waals surface area contributed by atoms with Crippen molar-refractivity contribution in [3.63, 3.8) is 0 Å². The van der Waals surface area contributed by atoms with Crippen LogP contribution >= 0.6 is 0 Å². The molecule has 0 heterocycles. The minimum absolute atomic E-state index is 0.0885. The summed E-state index contributed by atoms with van der Waals surface area (Å²) in [4.78, 5) is 0. The SMILES string of the molecule is CCNC(Cc1cc(F)ccc1C)C1(OC)CCCC1. The molecule has 0 aliphatic heterocycles. The molecule has 2 nitrogen and oxygen atoms in total. The number of rotatable bonds is 6. The van der Waals surface area contributed by atoms with E-state index in [0.29, 0.717) is 0 Å². The lowest BCUT2D eigenvalue weighted by Crippen LogP contribution is -2.51. The maximum Gasteiger partial charge on any atom is 0.123 e. The Hall–Kier alpha value is -0.930. The molecule has 0 radical (unpaired) electrons. The summed E-state index contributed by atoms with van der Waals surface area (Å²) in [6.07, 6.45) is 5.45. The molecule has 0 bridgehead atoms. The van der Waals surface area contributed by atoms with Crippen LogP contribution in [0.4, 0.5) is 4.39 Å². The highest BCUT2D eigenvalue weighted by atomic mass is 19.1. The Morgan fingerprint density at radius 3 is 2.65 bits per heavy atom. The Morgan fingerprint density at radius 1 is 1.35 bits per heavy atom. The van der Waals surface area contributed by atoms with Crippen LogP contribution in [0.25, 0.3) is 0 Å². The van der Waals surface area contributed by atoms with E-state index in [4.69, 9.17) is 4.74 Å². The van der Waals surface area contributed by atoms with Crippen LogP contribution in [-0.4, -0.2) is 25.3 Å². The molecular formula is C17H26FNO. The standard InChI is InChI=1S/C17H26FNO/c1-4-19-16(17(20-3)9-5-6-10-17)12-14-11-15(18)8-7-13(14)2/h7-8,11,16,19H,4-6,9-10,12H2,1-3H3. The molecule has 1 aromatic rings. The highest BCUT2D eigenvalue weighted by molar-refractivity contribution is 5.28. The fourth-order valence-corrected chi connectivity index (χ4v) is 3.44. The van der Waals surface area contributed by atoms with Crippen molar-refractivity contribution in [3.05, 3.63) is 35.1 Å². The molecule has 1 aliphatic carbocycles. The Kier molecular flexibility index (Phi) is 5.17. The Labute approximate surface area is 121 Å². The molecule has 0 spiro atoms. The molecule has 2 rings (SSSR count). The van der Waals surface area contributed by atoms with Crippen LogP contribution in [0.2, 0.25) is 0 Å². The number of hydrogen-bond acceptors (Lipinski definition) is 2. The number of ether oxygens (including phenoxy) is 1. The third-order valence-electron chi connectivity index (χ3n) is 4.68. The van der Waals surface area contributed by atoms with Gasteiger partial charge < -0.3 is 10.1 Å². The van der Waals surface area contributed by atoms with Crippen LogP contribution in [0.3, 0.4) is 0 Å². The number of benzene rings is 1. The van der Waals surface area contributed by atoms with Crippen molar-refractivity contribution >= 4 is 0 Å². The lowest BCUT2D eigenvalue weighted by Gasteiger charge is -2.37. The first kappa shape index (κ1) is 15.5. The second kappa shape index (κ2) is 6.68. The molecule has 1 fully saturated rings. The summed E-state index contributed by atoms with van der Waals surface area (Å²) in [6.45, 7) is 5.07. The summed E-state index contributed by atoms with van der Waals surface area (Å²) in [6, 6.07) is 5.31. The number of hydrogen-bond donors (Lipinski definition) is 1. The summed E-state index contributed by atoms with van der Waals surface area (Å²) < 4.78 is 19.4. The molecule has 0 saturated heterocycles. The molecule has 20 heavy (non-hydrogen) atoms. The quantitative estimate of drug-likeness (QED) is 0.859. The normalized spacial score (nSPS) is 19.2. The topological polar surface area (TPSA) is 21.3 Å². The summed E-state index contributed by atoms with van der Waals surface area (Å²) in [5.41, 5.74) is 2.15. The molecule has 0 aromatic heterocycles. The molecule has 1 aliphatic rings. The van der Waals surface area contributed by atoms with Gasteiger partial charge in [-0.15, -0.1) is 0 Å². The summed E-state index contributed by atoms with van der Waals surface area (Å²) in [5, 5.41) is 3.56. The summed E-state index contributed by atoms with van der Waals surface area (Å²) >= 11 is 0. The lowest BCUT2D eigenvalue weighted by atomic mass is 9.86. The fraction of sp³-hybridized carbons (Fsp3) is 0.647. The molecular weight excluding hydrogens is 253 g/mol. The molecule has 1 unspecified atom stereocenters. The maximum atomic E-state index is 13.5. The number of methoxy groups -OCH3 is 1. The van der Waals surface area contributed by atoms with E-state index in [1.165, 1.54) is 18.9 Å². The molecule has 1 aromatic carbocycles. The third-order valence-corrected chi connectivity index (χ3v) is 4.68. The van der Waals surface area contributed by atoms with E-state index in [9.17, 15) is 4.39 Å². The second-order valence-electron chi connectivity index (χ2n) is 5.86. The van der Waals surface area contributed by atoms with E-state index < -0.39 is 0 Å². The highest BCUT2D eigenvalue weighted by Crippen LogP contribution is 2.37. The van der Waals surface area contributed by atoms with Gasteiger partial charge in [0.2, 0.25) is 0 Å². The van der Waals surface area contributed by atoms with Crippen molar-refractivity contribution in [1.82, 2.24) is 5.32 Å². The van der Waals surface area contributed by atoms with Crippen LogP contribution in [-0.2, 0) is 11.2 Å². The Bertz CT molecular complexity index is 441. The van der Waals surface area contributed by atoms with Crippen LogP contribution in [0.1, 0.15) is 43.7 Å². The van der Waals surface area contributed by atoms with Gasteiger partial charge in [0.15, 0.2) is 0 Å². The van der Waals surface area contributed by atoms with Gasteiger partial charge in [-0.3, -0.25) is 0 Å². The number of nitrogens with one attached hydrogen (secondary N) is 1. The van der Waals surface area contributed by atoms with Crippen LogP contribution < -0.4 is 5.32 Å². The van der Waals surface area contributed by atoms with Gasteiger partial charge in [0.25, 0.3) is 0 Å². The monoisotopic (exact) mass is 279 g/mol. The first-order valence-corrected chi connectivity index (χ1v) is 7.65.